The van der Waals surface area contributed by atoms with Gasteiger partial charge in [-0.2, -0.15) is 5.10 Å². The zero-order chi connectivity index (χ0) is 14.4. The summed E-state index contributed by atoms with van der Waals surface area (Å²) in [4.78, 5) is 11.3. The lowest BCUT2D eigenvalue weighted by molar-refractivity contribution is -0.144. The number of nitrogens with zero attached hydrogens (tertiary/aromatic N) is 2. The minimum atomic E-state index is -1.10. The molecule has 0 amide bonds. The van der Waals surface area contributed by atoms with E-state index in [1.165, 1.54) is 7.11 Å². The van der Waals surface area contributed by atoms with Crippen molar-refractivity contribution in [3.05, 3.63) is 18.0 Å². The van der Waals surface area contributed by atoms with Gasteiger partial charge in [0.2, 0.25) is 0 Å². The Kier molecular flexibility index (Phi) is 6.21. The molecule has 0 N–H and O–H groups in total. The number of hydrogen-bond donors (Lipinski definition) is 0. The molecule has 0 bridgehead atoms. The molecule has 1 heterocycles. The van der Waals surface area contributed by atoms with Crippen molar-refractivity contribution in [2.45, 2.75) is 39.0 Å². The molecule has 5 nitrogen and oxygen atoms in total. The number of carbonyl (C=O) groups is 1. The van der Waals surface area contributed by atoms with E-state index < -0.39 is 10.8 Å². The van der Waals surface area contributed by atoms with Gasteiger partial charge in [0.25, 0.3) is 0 Å². The fourth-order valence-corrected chi connectivity index (χ4v) is 2.95. The predicted octanol–water partition coefficient (Wildman–Crippen LogP) is 1.91. The highest BCUT2D eigenvalue weighted by atomic mass is 32.2. The van der Waals surface area contributed by atoms with Gasteiger partial charge in [0, 0.05) is 28.8 Å². The van der Waals surface area contributed by atoms with Gasteiger partial charge in [-0.25, -0.2) is 0 Å². The lowest BCUT2D eigenvalue weighted by atomic mass is 10.2. The normalized spacial score (nSPS) is 15.8. The molecular formula is C13H22N2O3S. The Labute approximate surface area is 116 Å². The lowest BCUT2D eigenvalue weighted by Gasteiger charge is -2.09. The molecule has 0 spiro atoms. The lowest BCUT2D eigenvalue weighted by Crippen LogP contribution is -2.20. The molecular weight excluding hydrogens is 264 g/mol. The van der Waals surface area contributed by atoms with Crippen LogP contribution >= 0.6 is 0 Å². The van der Waals surface area contributed by atoms with Crippen LogP contribution < -0.4 is 0 Å². The molecule has 0 aliphatic heterocycles. The molecule has 0 saturated heterocycles. The Morgan fingerprint density at radius 2 is 2.21 bits per heavy atom. The maximum absolute atomic E-state index is 11.9. The van der Waals surface area contributed by atoms with E-state index in [0.29, 0.717) is 17.5 Å². The number of hydrogen-bond acceptors (Lipinski definition) is 4. The van der Waals surface area contributed by atoms with Crippen molar-refractivity contribution in [1.82, 2.24) is 9.78 Å². The largest absolute Gasteiger partial charge is 0.469 e. The van der Waals surface area contributed by atoms with Gasteiger partial charge >= 0.3 is 5.97 Å². The topological polar surface area (TPSA) is 61.2 Å². The van der Waals surface area contributed by atoms with E-state index >= 15 is 0 Å². The zero-order valence-electron chi connectivity index (χ0n) is 12.0. The first-order chi connectivity index (χ1) is 8.97. The Morgan fingerprint density at radius 3 is 2.79 bits per heavy atom. The van der Waals surface area contributed by atoms with Gasteiger partial charge in [0.1, 0.15) is 0 Å². The van der Waals surface area contributed by atoms with Gasteiger partial charge in [-0.15, -0.1) is 0 Å². The molecule has 0 aliphatic carbocycles. The summed E-state index contributed by atoms with van der Waals surface area (Å²) in [5, 5.41) is 4.40. The van der Waals surface area contributed by atoms with E-state index in [1.54, 1.807) is 6.92 Å². The van der Waals surface area contributed by atoms with Crippen LogP contribution in [0.3, 0.4) is 0 Å². The second-order valence-corrected chi connectivity index (χ2v) is 6.22. The summed E-state index contributed by atoms with van der Waals surface area (Å²) in [6.07, 6.45) is 2.91. The molecule has 1 aromatic rings. The number of methoxy groups -OCH3 is 1. The Balaban J connectivity index is 2.53. The maximum Gasteiger partial charge on any atom is 0.309 e. The third-order valence-electron chi connectivity index (χ3n) is 3.05. The van der Waals surface area contributed by atoms with Crippen LogP contribution in [0.5, 0.6) is 0 Å². The summed E-state index contributed by atoms with van der Waals surface area (Å²) >= 11 is 0. The predicted molar refractivity (Wildman–Crippen MR) is 75.1 cm³/mol. The van der Waals surface area contributed by atoms with Crippen molar-refractivity contribution in [2.24, 2.45) is 5.92 Å². The summed E-state index contributed by atoms with van der Waals surface area (Å²) in [5.74, 6) is 0.0224. The average Bonchev–Trinajstić information content (AvgIpc) is 2.84. The van der Waals surface area contributed by atoms with Gasteiger partial charge in [0.15, 0.2) is 0 Å². The van der Waals surface area contributed by atoms with Crippen LogP contribution in [0.1, 0.15) is 38.9 Å². The molecule has 0 aromatic carbocycles. The fraction of sp³-hybridized carbons (Fsp3) is 0.692. The zero-order valence-corrected chi connectivity index (χ0v) is 12.8. The Hall–Kier alpha value is -1.17. The molecule has 0 radical (unpaired) electrons. The molecule has 3 atom stereocenters. The van der Waals surface area contributed by atoms with Crippen LogP contribution in [0.15, 0.2) is 12.3 Å². The highest BCUT2D eigenvalue weighted by Crippen LogP contribution is 2.11. The maximum atomic E-state index is 11.9. The number of ether oxygens (including phenoxy) is 1. The standard InChI is InChI=1S/C13H22N2O3S/c1-5-11(3)15-7-6-12(14-15)9-19(17)8-10(2)13(16)18-4/h6-7,10-11H,5,8-9H2,1-4H3. The summed E-state index contributed by atoms with van der Waals surface area (Å²) in [6.45, 7) is 5.91. The molecule has 108 valence electrons. The number of carbonyl (C=O) groups excluding carboxylic acids is 1. The quantitative estimate of drug-likeness (QED) is 0.718. The number of aromatic nitrogens is 2. The van der Waals surface area contributed by atoms with E-state index in [1.807, 2.05) is 16.9 Å². The van der Waals surface area contributed by atoms with Gasteiger partial charge in [-0.05, 0) is 19.4 Å². The minimum Gasteiger partial charge on any atom is -0.469 e. The second-order valence-electron chi connectivity index (χ2n) is 4.72. The van der Waals surface area contributed by atoms with Crippen molar-refractivity contribution >= 4 is 16.8 Å². The van der Waals surface area contributed by atoms with Crippen molar-refractivity contribution in [3.8, 4) is 0 Å². The second kappa shape index (κ2) is 7.43. The summed E-state index contributed by atoms with van der Waals surface area (Å²) in [6, 6.07) is 2.23. The molecule has 3 unspecified atom stereocenters. The smallest absolute Gasteiger partial charge is 0.309 e. The van der Waals surface area contributed by atoms with Crippen molar-refractivity contribution in [3.63, 3.8) is 0 Å². The van der Waals surface area contributed by atoms with Crippen molar-refractivity contribution in [2.75, 3.05) is 12.9 Å². The number of esters is 1. The molecule has 6 heteroatoms. The van der Waals surface area contributed by atoms with E-state index in [-0.39, 0.29) is 11.9 Å². The van der Waals surface area contributed by atoms with Crippen molar-refractivity contribution in [1.29, 1.82) is 0 Å². The van der Waals surface area contributed by atoms with Crippen LogP contribution in [0.4, 0.5) is 0 Å². The minimum absolute atomic E-state index is 0.308. The van der Waals surface area contributed by atoms with Crippen LogP contribution in [0.2, 0.25) is 0 Å². The SMILES string of the molecule is CCC(C)n1ccc(CS(=O)CC(C)C(=O)OC)n1. The van der Waals surface area contributed by atoms with Gasteiger partial charge < -0.3 is 4.74 Å². The van der Waals surface area contributed by atoms with E-state index in [2.05, 4.69) is 23.7 Å². The van der Waals surface area contributed by atoms with Crippen LogP contribution in [0.25, 0.3) is 0 Å². The summed E-state index contributed by atoms with van der Waals surface area (Å²) < 4.78 is 18.5. The van der Waals surface area contributed by atoms with Crippen LogP contribution in [-0.2, 0) is 26.1 Å². The molecule has 0 fully saturated rings. The molecule has 0 aliphatic rings. The molecule has 1 rings (SSSR count). The average molecular weight is 286 g/mol. The monoisotopic (exact) mass is 286 g/mol. The first-order valence-corrected chi connectivity index (χ1v) is 7.93. The fourth-order valence-electron chi connectivity index (χ4n) is 1.66. The van der Waals surface area contributed by atoms with E-state index in [9.17, 15) is 9.00 Å². The Morgan fingerprint density at radius 1 is 1.53 bits per heavy atom. The van der Waals surface area contributed by atoms with Gasteiger partial charge in [-0.1, -0.05) is 13.8 Å². The highest BCUT2D eigenvalue weighted by molar-refractivity contribution is 7.84. The van der Waals surface area contributed by atoms with Crippen molar-refractivity contribution < 1.29 is 13.7 Å². The van der Waals surface area contributed by atoms with Gasteiger partial charge in [-0.3, -0.25) is 13.7 Å². The van der Waals surface area contributed by atoms with Crippen LogP contribution in [0, 0.1) is 5.92 Å². The van der Waals surface area contributed by atoms with E-state index in [0.717, 1.165) is 12.1 Å². The number of rotatable bonds is 7. The first kappa shape index (κ1) is 15.9. The molecule has 0 saturated carbocycles. The third-order valence-corrected chi connectivity index (χ3v) is 4.54. The summed E-state index contributed by atoms with van der Waals surface area (Å²) in [7, 11) is 0.241. The van der Waals surface area contributed by atoms with Crippen LogP contribution in [-0.4, -0.2) is 32.8 Å². The van der Waals surface area contributed by atoms with Gasteiger partial charge in [0.05, 0.1) is 24.5 Å². The van der Waals surface area contributed by atoms with E-state index in [4.69, 9.17) is 0 Å². The highest BCUT2D eigenvalue weighted by Gasteiger charge is 2.17. The summed E-state index contributed by atoms with van der Waals surface area (Å²) in [5.41, 5.74) is 0.802. The molecule has 1 aromatic heterocycles. The third kappa shape index (κ3) is 4.78. The molecule has 19 heavy (non-hydrogen) atoms. The Bertz CT molecular complexity index is 445. The first-order valence-electron chi connectivity index (χ1n) is 6.44.